The van der Waals surface area contributed by atoms with Crippen LogP contribution >= 0.6 is 0 Å². The van der Waals surface area contributed by atoms with E-state index in [4.69, 9.17) is 0 Å². The Morgan fingerprint density at radius 2 is 1.81 bits per heavy atom. The number of carbonyl (C=O) groups is 1. The lowest BCUT2D eigenvalue weighted by molar-refractivity contribution is 0.102. The Bertz CT molecular complexity index is 864. The van der Waals surface area contributed by atoms with Gasteiger partial charge in [-0.25, -0.2) is 13.1 Å². The van der Waals surface area contributed by atoms with Gasteiger partial charge in [-0.2, -0.15) is 0 Å². The predicted molar refractivity (Wildman–Crippen MR) is 105 cm³/mol. The van der Waals surface area contributed by atoms with Crippen molar-refractivity contribution >= 4 is 27.3 Å². The lowest BCUT2D eigenvalue weighted by Gasteiger charge is -2.14. The molecule has 2 rings (SSSR count). The molecule has 140 valence electrons. The molecule has 1 amide bonds. The molecule has 2 aromatic carbocycles. The number of nitrogens with zero attached hydrogens (tertiary/aromatic N) is 1. The molecule has 0 aliphatic carbocycles. The van der Waals surface area contributed by atoms with Crippen molar-refractivity contribution in [3.8, 4) is 0 Å². The van der Waals surface area contributed by atoms with Crippen molar-refractivity contribution in [1.29, 1.82) is 0 Å². The van der Waals surface area contributed by atoms with E-state index in [1.54, 1.807) is 24.3 Å². The first-order valence-corrected chi connectivity index (χ1v) is 10.0. The summed E-state index contributed by atoms with van der Waals surface area (Å²) in [6.45, 7) is 2.39. The van der Waals surface area contributed by atoms with Gasteiger partial charge in [0.25, 0.3) is 5.91 Å². The number of sulfonamides is 1. The average Bonchev–Trinajstić information content (AvgIpc) is 2.62. The van der Waals surface area contributed by atoms with Crippen LogP contribution in [0.2, 0.25) is 0 Å². The highest BCUT2D eigenvalue weighted by Gasteiger charge is 2.15. The summed E-state index contributed by atoms with van der Waals surface area (Å²) in [5.41, 5.74) is 1.85. The number of hydrogen-bond acceptors (Lipinski definition) is 4. The molecule has 0 unspecified atom stereocenters. The summed E-state index contributed by atoms with van der Waals surface area (Å²) < 4.78 is 27.2. The van der Waals surface area contributed by atoms with Crippen LogP contribution in [0.4, 0.5) is 11.4 Å². The van der Waals surface area contributed by atoms with Gasteiger partial charge in [-0.05, 0) is 42.8 Å². The van der Waals surface area contributed by atoms with E-state index >= 15 is 0 Å². The largest absolute Gasteiger partial charge is 0.378 e. The molecule has 0 aliphatic rings. The maximum atomic E-state index is 12.5. The van der Waals surface area contributed by atoms with Crippen LogP contribution in [0, 0.1) is 0 Å². The van der Waals surface area contributed by atoms with Gasteiger partial charge in [-0.3, -0.25) is 4.79 Å². The minimum atomic E-state index is -3.58. The van der Waals surface area contributed by atoms with E-state index in [0.29, 0.717) is 17.8 Å². The predicted octanol–water partition coefficient (Wildman–Crippen LogP) is 3.08. The molecule has 0 aliphatic heterocycles. The second-order valence-electron chi connectivity index (χ2n) is 6.18. The Balaban J connectivity index is 2.15. The third-order valence-corrected chi connectivity index (χ3v) is 5.31. The summed E-state index contributed by atoms with van der Waals surface area (Å²) in [5, 5.41) is 2.75. The smallest absolute Gasteiger partial charge is 0.255 e. The monoisotopic (exact) mass is 375 g/mol. The lowest BCUT2D eigenvalue weighted by atomic mass is 10.1. The second kappa shape index (κ2) is 8.82. The molecule has 0 saturated carbocycles. The minimum absolute atomic E-state index is 0.133. The van der Waals surface area contributed by atoms with Gasteiger partial charge in [-0.1, -0.05) is 25.5 Å². The van der Waals surface area contributed by atoms with Crippen molar-refractivity contribution in [2.45, 2.75) is 24.7 Å². The molecule has 6 nitrogen and oxygen atoms in total. The van der Waals surface area contributed by atoms with Gasteiger partial charge in [0.1, 0.15) is 0 Å². The van der Waals surface area contributed by atoms with Crippen LogP contribution in [0.15, 0.2) is 53.4 Å². The van der Waals surface area contributed by atoms with Gasteiger partial charge in [0.2, 0.25) is 10.0 Å². The van der Waals surface area contributed by atoms with Crippen LogP contribution < -0.4 is 14.9 Å². The molecule has 0 saturated heterocycles. The zero-order valence-electron chi connectivity index (χ0n) is 15.3. The third-order valence-electron chi connectivity index (χ3n) is 3.85. The summed E-state index contributed by atoms with van der Waals surface area (Å²) in [5.74, 6) is -0.290. The van der Waals surface area contributed by atoms with Crippen LogP contribution in [0.1, 0.15) is 30.1 Å². The van der Waals surface area contributed by atoms with E-state index < -0.39 is 10.0 Å². The molecule has 0 fully saturated rings. The molecule has 0 bridgehead atoms. The molecule has 2 aromatic rings. The Hall–Kier alpha value is -2.38. The highest BCUT2D eigenvalue weighted by atomic mass is 32.2. The number of unbranched alkanes of at least 4 members (excludes halogenated alkanes) is 1. The Morgan fingerprint density at radius 3 is 2.50 bits per heavy atom. The lowest BCUT2D eigenvalue weighted by Crippen LogP contribution is -2.24. The summed E-state index contributed by atoms with van der Waals surface area (Å²) in [6.07, 6.45) is 1.68. The topological polar surface area (TPSA) is 78.5 Å². The fourth-order valence-corrected chi connectivity index (χ4v) is 3.46. The first-order valence-electron chi connectivity index (χ1n) is 8.52. The van der Waals surface area contributed by atoms with Gasteiger partial charge < -0.3 is 10.2 Å². The van der Waals surface area contributed by atoms with Crippen molar-refractivity contribution in [2.24, 2.45) is 0 Å². The van der Waals surface area contributed by atoms with Gasteiger partial charge in [0.05, 0.1) is 4.90 Å². The van der Waals surface area contributed by atoms with E-state index in [2.05, 4.69) is 10.0 Å². The standard InChI is InChI=1S/C19H25N3O3S/c1-4-5-12-20-26(24,25)18-11-7-9-16(14-18)21-19(23)15-8-6-10-17(13-15)22(2)3/h6-11,13-14,20H,4-5,12H2,1-3H3,(H,21,23). The van der Waals surface area contributed by atoms with Crippen molar-refractivity contribution in [3.63, 3.8) is 0 Å². The summed E-state index contributed by atoms with van der Waals surface area (Å²) >= 11 is 0. The molecular weight excluding hydrogens is 350 g/mol. The molecule has 0 spiro atoms. The average molecular weight is 375 g/mol. The van der Waals surface area contributed by atoms with Gasteiger partial charge in [0.15, 0.2) is 0 Å². The second-order valence-corrected chi connectivity index (χ2v) is 7.94. The van der Waals surface area contributed by atoms with Crippen LogP contribution in [0.5, 0.6) is 0 Å². The zero-order valence-corrected chi connectivity index (χ0v) is 16.1. The third kappa shape index (κ3) is 5.31. The maximum absolute atomic E-state index is 12.5. The first-order chi connectivity index (χ1) is 12.3. The fraction of sp³-hybridized carbons (Fsp3) is 0.316. The number of hydrogen-bond donors (Lipinski definition) is 2. The highest BCUT2D eigenvalue weighted by Crippen LogP contribution is 2.18. The van der Waals surface area contributed by atoms with Crippen molar-refractivity contribution < 1.29 is 13.2 Å². The number of rotatable bonds is 8. The Kier molecular flexibility index (Phi) is 6.76. The van der Waals surface area contributed by atoms with Gasteiger partial charge in [0, 0.05) is 37.6 Å². The molecule has 0 aromatic heterocycles. The zero-order chi connectivity index (χ0) is 19.2. The van der Waals surface area contributed by atoms with Crippen LogP contribution in [0.3, 0.4) is 0 Å². The van der Waals surface area contributed by atoms with E-state index in [1.165, 1.54) is 12.1 Å². The highest BCUT2D eigenvalue weighted by molar-refractivity contribution is 7.89. The first kappa shape index (κ1) is 19.9. The molecule has 0 heterocycles. The van der Waals surface area contributed by atoms with Gasteiger partial charge >= 0.3 is 0 Å². The summed E-state index contributed by atoms with van der Waals surface area (Å²) in [7, 11) is 0.218. The fourth-order valence-electron chi connectivity index (χ4n) is 2.34. The quantitative estimate of drug-likeness (QED) is 0.695. The van der Waals surface area contributed by atoms with Crippen molar-refractivity contribution in [1.82, 2.24) is 4.72 Å². The van der Waals surface area contributed by atoms with E-state index in [-0.39, 0.29) is 10.8 Å². The molecule has 0 atom stereocenters. The minimum Gasteiger partial charge on any atom is -0.378 e. The van der Waals surface area contributed by atoms with Crippen LogP contribution in [-0.2, 0) is 10.0 Å². The van der Waals surface area contributed by atoms with Crippen molar-refractivity contribution in [3.05, 3.63) is 54.1 Å². The molecule has 2 N–H and O–H groups in total. The van der Waals surface area contributed by atoms with E-state index in [1.807, 2.05) is 38.1 Å². The Labute approximate surface area is 155 Å². The maximum Gasteiger partial charge on any atom is 0.255 e. The van der Waals surface area contributed by atoms with Crippen LogP contribution in [0.25, 0.3) is 0 Å². The van der Waals surface area contributed by atoms with E-state index in [9.17, 15) is 13.2 Å². The van der Waals surface area contributed by atoms with Crippen LogP contribution in [-0.4, -0.2) is 35.0 Å². The number of benzene rings is 2. The van der Waals surface area contributed by atoms with E-state index in [0.717, 1.165) is 18.5 Å². The molecule has 7 heteroatoms. The molecule has 26 heavy (non-hydrogen) atoms. The summed E-state index contributed by atoms with van der Waals surface area (Å²) in [4.78, 5) is 14.5. The normalized spacial score (nSPS) is 11.2. The number of amides is 1. The molecular formula is C19H25N3O3S. The number of carbonyl (C=O) groups excluding carboxylic acids is 1. The number of anilines is 2. The van der Waals surface area contributed by atoms with Gasteiger partial charge in [-0.15, -0.1) is 0 Å². The summed E-state index contributed by atoms with van der Waals surface area (Å²) in [6, 6.07) is 13.5. The number of nitrogens with one attached hydrogen (secondary N) is 2. The van der Waals surface area contributed by atoms with Crippen molar-refractivity contribution in [2.75, 3.05) is 30.9 Å². The SMILES string of the molecule is CCCCNS(=O)(=O)c1cccc(NC(=O)c2cccc(N(C)C)c2)c1. The molecule has 0 radical (unpaired) electrons. The Morgan fingerprint density at radius 1 is 1.08 bits per heavy atom.